The number of methoxy groups -OCH3 is 1. The summed E-state index contributed by atoms with van der Waals surface area (Å²) in [5.41, 5.74) is 3.53. The van der Waals surface area contributed by atoms with Crippen molar-refractivity contribution in [1.29, 1.82) is 0 Å². The van der Waals surface area contributed by atoms with Gasteiger partial charge in [0.15, 0.2) is 0 Å². The molecule has 2 heterocycles. The van der Waals surface area contributed by atoms with Crippen LogP contribution in [-0.4, -0.2) is 52.0 Å². The Balaban J connectivity index is 1.56. The number of aromatic nitrogens is 1. The van der Waals surface area contributed by atoms with Gasteiger partial charge in [-0.05, 0) is 43.2 Å². The Kier molecular flexibility index (Phi) is 7.21. The second-order valence-electron chi connectivity index (χ2n) is 8.24. The van der Waals surface area contributed by atoms with Gasteiger partial charge in [0.05, 0.1) is 41.2 Å². The maximum Gasteiger partial charge on any atom is 0.243 e. The Bertz CT molecular complexity index is 1200. The third-order valence-electron chi connectivity index (χ3n) is 5.75. The first-order valence-electron chi connectivity index (χ1n) is 11.0. The summed E-state index contributed by atoms with van der Waals surface area (Å²) < 4.78 is 33.4. The van der Waals surface area contributed by atoms with E-state index in [0.29, 0.717) is 24.5 Å². The minimum atomic E-state index is -3.50. The third-order valence-corrected chi connectivity index (χ3v) is 8.57. The molecule has 1 saturated heterocycles. The lowest BCUT2D eigenvalue weighted by Gasteiger charge is -2.27. The summed E-state index contributed by atoms with van der Waals surface area (Å²) in [5.74, 6) is 0.789. The van der Waals surface area contributed by atoms with E-state index < -0.39 is 10.0 Å². The summed E-state index contributed by atoms with van der Waals surface area (Å²) >= 11 is 1.56. The lowest BCUT2D eigenvalue weighted by molar-refractivity contribution is 0.346. The summed E-state index contributed by atoms with van der Waals surface area (Å²) in [6.07, 6.45) is 2.92. The van der Waals surface area contributed by atoms with Gasteiger partial charge in [-0.2, -0.15) is 4.31 Å². The fraction of sp³-hybridized carbons (Fsp3) is 0.375. The molecule has 1 aliphatic rings. The molecule has 1 fully saturated rings. The molecule has 0 amide bonds. The Morgan fingerprint density at radius 2 is 1.88 bits per heavy atom. The highest BCUT2D eigenvalue weighted by Crippen LogP contribution is 2.33. The Morgan fingerprint density at radius 3 is 2.61 bits per heavy atom. The van der Waals surface area contributed by atoms with E-state index >= 15 is 0 Å². The smallest absolute Gasteiger partial charge is 0.243 e. The fourth-order valence-electron chi connectivity index (χ4n) is 3.98. The number of anilines is 2. The standard InChI is InChI=1S/C24H30N4O3S2/c1-27(2)22-12-11-19(33(29,30)28-13-7-4-8-14-28)15-21(22)25-16-18-17-32-24(26-18)20-9-5-6-10-23(20)31-3/h5-6,9-12,15,17,25H,4,7-8,13-14,16H2,1-3H3. The highest BCUT2D eigenvalue weighted by molar-refractivity contribution is 7.89. The summed E-state index contributed by atoms with van der Waals surface area (Å²) in [6.45, 7) is 1.66. The molecule has 0 saturated carbocycles. The quantitative estimate of drug-likeness (QED) is 0.499. The van der Waals surface area contributed by atoms with Crippen LogP contribution in [0.2, 0.25) is 0 Å². The van der Waals surface area contributed by atoms with Crippen LogP contribution in [0.3, 0.4) is 0 Å². The van der Waals surface area contributed by atoms with Gasteiger partial charge < -0.3 is 15.0 Å². The highest BCUT2D eigenvalue weighted by Gasteiger charge is 2.26. The first kappa shape index (κ1) is 23.5. The van der Waals surface area contributed by atoms with E-state index in [9.17, 15) is 8.42 Å². The van der Waals surface area contributed by atoms with Crippen molar-refractivity contribution < 1.29 is 13.2 Å². The molecule has 0 bridgehead atoms. The van der Waals surface area contributed by atoms with Gasteiger partial charge >= 0.3 is 0 Å². The molecule has 0 radical (unpaired) electrons. The van der Waals surface area contributed by atoms with Gasteiger partial charge in [0, 0.05) is 32.6 Å². The lowest BCUT2D eigenvalue weighted by Crippen LogP contribution is -2.35. The molecule has 4 rings (SSSR count). The van der Waals surface area contributed by atoms with Crippen molar-refractivity contribution in [3.63, 3.8) is 0 Å². The molecule has 0 atom stereocenters. The lowest BCUT2D eigenvalue weighted by atomic mass is 10.2. The van der Waals surface area contributed by atoms with Crippen molar-refractivity contribution in [3.8, 4) is 16.3 Å². The van der Waals surface area contributed by atoms with E-state index in [1.165, 1.54) is 0 Å². The second kappa shape index (κ2) is 10.1. The largest absolute Gasteiger partial charge is 0.496 e. The van der Waals surface area contributed by atoms with E-state index in [1.54, 1.807) is 34.9 Å². The zero-order valence-corrected chi connectivity index (χ0v) is 20.9. The van der Waals surface area contributed by atoms with E-state index in [4.69, 9.17) is 9.72 Å². The number of rotatable bonds is 8. The Labute approximate surface area is 200 Å². The zero-order valence-electron chi connectivity index (χ0n) is 19.2. The molecule has 33 heavy (non-hydrogen) atoms. The zero-order chi connectivity index (χ0) is 23.4. The summed E-state index contributed by atoms with van der Waals surface area (Å²) in [4.78, 5) is 7.06. The average Bonchev–Trinajstić information content (AvgIpc) is 3.32. The Hall–Kier alpha value is -2.62. The summed E-state index contributed by atoms with van der Waals surface area (Å²) in [6, 6.07) is 13.1. The molecule has 176 valence electrons. The van der Waals surface area contributed by atoms with Gasteiger partial charge in [0.1, 0.15) is 10.8 Å². The number of sulfonamides is 1. The average molecular weight is 487 g/mol. The molecule has 0 spiro atoms. The molecule has 1 N–H and O–H groups in total. The van der Waals surface area contributed by atoms with Gasteiger partial charge in [-0.1, -0.05) is 18.6 Å². The van der Waals surface area contributed by atoms with Crippen LogP contribution in [-0.2, 0) is 16.6 Å². The topological polar surface area (TPSA) is 74.8 Å². The number of piperidine rings is 1. The molecule has 3 aromatic rings. The first-order valence-corrected chi connectivity index (χ1v) is 13.4. The minimum absolute atomic E-state index is 0.325. The van der Waals surface area contributed by atoms with Crippen LogP contribution in [0.1, 0.15) is 25.0 Å². The molecule has 2 aromatic carbocycles. The molecule has 0 unspecified atom stereocenters. The molecule has 9 heteroatoms. The second-order valence-corrected chi connectivity index (χ2v) is 11.0. The molecule has 1 aliphatic heterocycles. The SMILES string of the molecule is COc1ccccc1-c1nc(CNc2cc(S(=O)(=O)N3CCCCC3)ccc2N(C)C)cs1. The van der Waals surface area contributed by atoms with Gasteiger partial charge in [0.2, 0.25) is 10.0 Å². The van der Waals surface area contributed by atoms with Gasteiger partial charge in [-0.25, -0.2) is 13.4 Å². The van der Waals surface area contributed by atoms with Crippen LogP contribution in [0.25, 0.3) is 10.6 Å². The number of para-hydroxylation sites is 1. The predicted octanol–water partition coefficient (Wildman–Crippen LogP) is 4.67. The van der Waals surface area contributed by atoms with Crippen LogP contribution in [0.4, 0.5) is 11.4 Å². The van der Waals surface area contributed by atoms with Crippen molar-refractivity contribution >= 4 is 32.7 Å². The van der Waals surface area contributed by atoms with Gasteiger partial charge in [-0.15, -0.1) is 11.3 Å². The summed E-state index contributed by atoms with van der Waals surface area (Å²) in [7, 11) is 2.05. The number of benzene rings is 2. The van der Waals surface area contributed by atoms with Crippen LogP contribution >= 0.6 is 11.3 Å². The predicted molar refractivity (Wildman–Crippen MR) is 135 cm³/mol. The molecule has 1 aromatic heterocycles. The fourth-order valence-corrected chi connectivity index (χ4v) is 6.37. The number of hydrogen-bond acceptors (Lipinski definition) is 7. The van der Waals surface area contributed by atoms with Gasteiger partial charge in [-0.3, -0.25) is 0 Å². The first-order chi connectivity index (χ1) is 15.9. The number of nitrogens with one attached hydrogen (secondary N) is 1. The van der Waals surface area contributed by atoms with Crippen LogP contribution in [0.5, 0.6) is 5.75 Å². The van der Waals surface area contributed by atoms with Crippen molar-refractivity contribution in [2.45, 2.75) is 30.7 Å². The maximum absolute atomic E-state index is 13.2. The van der Waals surface area contributed by atoms with E-state index in [-0.39, 0.29) is 0 Å². The molecular weight excluding hydrogens is 456 g/mol. The van der Waals surface area contributed by atoms with Crippen LogP contribution < -0.4 is 15.0 Å². The minimum Gasteiger partial charge on any atom is -0.496 e. The number of thiazole rings is 1. The molecule has 7 nitrogen and oxygen atoms in total. The number of nitrogens with zero attached hydrogens (tertiary/aromatic N) is 3. The maximum atomic E-state index is 13.2. The number of hydrogen-bond donors (Lipinski definition) is 1. The van der Waals surface area contributed by atoms with E-state index in [2.05, 4.69) is 5.32 Å². The van der Waals surface area contributed by atoms with Crippen molar-refractivity contribution in [2.24, 2.45) is 0 Å². The van der Waals surface area contributed by atoms with Crippen molar-refractivity contribution in [1.82, 2.24) is 9.29 Å². The van der Waals surface area contributed by atoms with Crippen LogP contribution in [0, 0.1) is 0 Å². The molecular formula is C24H30N4O3S2. The third kappa shape index (κ3) is 5.15. The monoisotopic (exact) mass is 486 g/mol. The molecule has 0 aliphatic carbocycles. The normalized spacial score (nSPS) is 14.8. The number of ether oxygens (including phenoxy) is 1. The van der Waals surface area contributed by atoms with Crippen molar-refractivity contribution in [2.75, 3.05) is 44.5 Å². The van der Waals surface area contributed by atoms with Crippen molar-refractivity contribution in [3.05, 3.63) is 53.5 Å². The van der Waals surface area contributed by atoms with Gasteiger partial charge in [0.25, 0.3) is 0 Å². The van der Waals surface area contributed by atoms with E-state index in [0.717, 1.165) is 52.7 Å². The Morgan fingerprint density at radius 1 is 1.12 bits per heavy atom. The van der Waals surface area contributed by atoms with E-state index in [1.807, 2.05) is 54.7 Å². The van der Waals surface area contributed by atoms with Crippen LogP contribution in [0.15, 0.2) is 52.7 Å². The highest BCUT2D eigenvalue weighted by atomic mass is 32.2. The summed E-state index contributed by atoms with van der Waals surface area (Å²) in [5, 5.41) is 6.31.